The monoisotopic (exact) mass is 274 g/mol. The standard InChI is InChI=1S/C14H18N4S/c1-10-6-13(17-9-16-10)18-5-3-4-12(8-18)14-15-7-11(2)19-14/h6-7,9,12H,3-5,8H2,1-2H3/t12-/m0/s1. The van der Waals surface area contributed by atoms with Crippen LogP contribution in [0.5, 0.6) is 0 Å². The maximum atomic E-state index is 4.54. The lowest BCUT2D eigenvalue weighted by atomic mass is 9.99. The summed E-state index contributed by atoms with van der Waals surface area (Å²) in [6.07, 6.45) is 6.06. The van der Waals surface area contributed by atoms with Gasteiger partial charge in [-0.1, -0.05) is 0 Å². The van der Waals surface area contributed by atoms with Crippen molar-refractivity contribution >= 4 is 17.2 Å². The second kappa shape index (κ2) is 5.25. The molecule has 1 aliphatic rings. The minimum absolute atomic E-state index is 0.544. The highest BCUT2D eigenvalue weighted by molar-refractivity contribution is 7.11. The highest BCUT2D eigenvalue weighted by atomic mass is 32.1. The van der Waals surface area contributed by atoms with Crippen LogP contribution in [0, 0.1) is 13.8 Å². The van der Waals surface area contributed by atoms with Gasteiger partial charge in [0.2, 0.25) is 0 Å². The van der Waals surface area contributed by atoms with Crippen molar-refractivity contribution in [1.29, 1.82) is 0 Å². The molecule has 0 aromatic carbocycles. The number of anilines is 1. The maximum Gasteiger partial charge on any atom is 0.132 e. The molecule has 1 fully saturated rings. The molecule has 0 bridgehead atoms. The zero-order valence-electron chi connectivity index (χ0n) is 11.3. The molecular weight excluding hydrogens is 256 g/mol. The average molecular weight is 274 g/mol. The Morgan fingerprint density at radius 2 is 2.16 bits per heavy atom. The summed E-state index contributed by atoms with van der Waals surface area (Å²) in [5.74, 6) is 1.59. The summed E-state index contributed by atoms with van der Waals surface area (Å²) in [5, 5.41) is 1.27. The minimum Gasteiger partial charge on any atom is -0.356 e. The van der Waals surface area contributed by atoms with Crippen LogP contribution in [0.2, 0.25) is 0 Å². The van der Waals surface area contributed by atoms with Gasteiger partial charge >= 0.3 is 0 Å². The third-order valence-electron chi connectivity index (χ3n) is 3.52. The highest BCUT2D eigenvalue weighted by Gasteiger charge is 2.24. The van der Waals surface area contributed by atoms with Gasteiger partial charge in [-0.25, -0.2) is 15.0 Å². The molecule has 5 heteroatoms. The Bertz CT molecular complexity index is 566. The largest absolute Gasteiger partial charge is 0.356 e. The van der Waals surface area contributed by atoms with Crippen LogP contribution in [0.25, 0.3) is 0 Å². The van der Waals surface area contributed by atoms with Crippen LogP contribution < -0.4 is 4.90 Å². The molecule has 0 radical (unpaired) electrons. The van der Waals surface area contributed by atoms with Crippen molar-refractivity contribution in [1.82, 2.24) is 15.0 Å². The topological polar surface area (TPSA) is 41.9 Å². The van der Waals surface area contributed by atoms with Crippen LogP contribution >= 0.6 is 11.3 Å². The lowest BCUT2D eigenvalue weighted by molar-refractivity contribution is 0.505. The number of piperidine rings is 1. The van der Waals surface area contributed by atoms with E-state index in [0.29, 0.717) is 5.92 Å². The summed E-state index contributed by atoms with van der Waals surface area (Å²) in [6.45, 7) is 6.23. The Labute approximate surface area is 117 Å². The van der Waals surface area contributed by atoms with E-state index in [-0.39, 0.29) is 0 Å². The summed E-state index contributed by atoms with van der Waals surface area (Å²) in [5.41, 5.74) is 1.03. The first-order valence-electron chi connectivity index (χ1n) is 6.68. The molecule has 0 unspecified atom stereocenters. The first-order valence-corrected chi connectivity index (χ1v) is 7.50. The second-order valence-corrected chi connectivity index (χ2v) is 6.38. The van der Waals surface area contributed by atoms with Gasteiger partial charge in [-0.2, -0.15) is 0 Å². The minimum atomic E-state index is 0.544. The predicted molar refractivity (Wildman–Crippen MR) is 77.8 cm³/mol. The molecular formula is C14H18N4S. The number of aromatic nitrogens is 3. The Morgan fingerprint density at radius 1 is 1.26 bits per heavy atom. The molecule has 3 rings (SSSR count). The summed E-state index contributed by atoms with van der Waals surface area (Å²) in [6, 6.07) is 2.06. The highest BCUT2D eigenvalue weighted by Crippen LogP contribution is 2.31. The molecule has 0 aliphatic carbocycles. The van der Waals surface area contributed by atoms with Crippen LogP contribution in [-0.2, 0) is 0 Å². The van der Waals surface area contributed by atoms with Crippen molar-refractivity contribution in [3.8, 4) is 0 Å². The van der Waals surface area contributed by atoms with E-state index in [9.17, 15) is 0 Å². The molecule has 0 spiro atoms. The molecule has 1 saturated heterocycles. The van der Waals surface area contributed by atoms with Gasteiger partial charge in [0.05, 0.1) is 5.01 Å². The van der Waals surface area contributed by atoms with E-state index >= 15 is 0 Å². The third kappa shape index (κ3) is 2.76. The molecule has 4 nitrogen and oxygen atoms in total. The van der Waals surface area contributed by atoms with E-state index in [0.717, 1.165) is 24.6 Å². The number of hydrogen-bond donors (Lipinski definition) is 0. The molecule has 0 saturated carbocycles. The third-order valence-corrected chi connectivity index (χ3v) is 4.60. The fourth-order valence-corrected chi connectivity index (χ4v) is 3.46. The van der Waals surface area contributed by atoms with Crippen molar-refractivity contribution in [3.63, 3.8) is 0 Å². The maximum absolute atomic E-state index is 4.54. The SMILES string of the molecule is Cc1cc(N2CCC[C@H](c3ncc(C)s3)C2)ncn1. The van der Waals surface area contributed by atoms with Gasteiger partial charge in [0, 0.05) is 41.8 Å². The summed E-state index contributed by atoms with van der Waals surface area (Å²) in [4.78, 5) is 16.8. The van der Waals surface area contributed by atoms with Crippen molar-refractivity contribution in [3.05, 3.63) is 34.2 Å². The first-order chi connectivity index (χ1) is 9.22. The molecule has 19 heavy (non-hydrogen) atoms. The van der Waals surface area contributed by atoms with Crippen LogP contribution in [0.15, 0.2) is 18.6 Å². The zero-order chi connectivity index (χ0) is 13.2. The lowest BCUT2D eigenvalue weighted by Gasteiger charge is -2.32. The van der Waals surface area contributed by atoms with Crippen molar-refractivity contribution in [2.24, 2.45) is 0 Å². The summed E-state index contributed by atoms with van der Waals surface area (Å²) in [7, 11) is 0. The van der Waals surface area contributed by atoms with Crippen LogP contribution in [0.1, 0.15) is 34.3 Å². The van der Waals surface area contributed by atoms with E-state index in [1.54, 1.807) is 6.33 Å². The van der Waals surface area contributed by atoms with Gasteiger partial charge < -0.3 is 4.90 Å². The van der Waals surface area contributed by atoms with Crippen LogP contribution in [0.3, 0.4) is 0 Å². The summed E-state index contributed by atoms with van der Waals surface area (Å²) >= 11 is 1.82. The van der Waals surface area contributed by atoms with E-state index in [1.165, 1.54) is 22.7 Å². The predicted octanol–water partition coefficient (Wildman–Crippen LogP) is 2.93. The average Bonchev–Trinajstić information content (AvgIpc) is 2.86. The van der Waals surface area contributed by atoms with E-state index in [1.807, 2.05) is 24.5 Å². The molecule has 2 aromatic rings. The fourth-order valence-electron chi connectivity index (χ4n) is 2.56. The quantitative estimate of drug-likeness (QED) is 0.844. The molecule has 3 heterocycles. The van der Waals surface area contributed by atoms with Crippen LogP contribution in [-0.4, -0.2) is 28.0 Å². The molecule has 0 amide bonds. The Hall–Kier alpha value is -1.49. The summed E-state index contributed by atoms with van der Waals surface area (Å²) < 4.78 is 0. The number of thiazole rings is 1. The number of aryl methyl sites for hydroxylation is 2. The molecule has 100 valence electrons. The van der Waals surface area contributed by atoms with E-state index in [4.69, 9.17) is 0 Å². The lowest BCUT2D eigenvalue weighted by Crippen LogP contribution is -2.35. The molecule has 2 aromatic heterocycles. The Kier molecular flexibility index (Phi) is 3.46. The zero-order valence-corrected chi connectivity index (χ0v) is 12.2. The van der Waals surface area contributed by atoms with Gasteiger partial charge in [-0.05, 0) is 26.7 Å². The number of hydrogen-bond acceptors (Lipinski definition) is 5. The molecule has 1 aliphatic heterocycles. The molecule has 1 atom stereocenters. The Balaban J connectivity index is 1.78. The van der Waals surface area contributed by atoms with E-state index in [2.05, 4.69) is 32.8 Å². The van der Waals surface area contributed by atoms with Gasteiger partial charge in [0.25, 0.3) is 0 Å². The van der Waals surface area contributed by atoms with Gasteiger partial charge in [0.1, 0.15) is 12.1 Å². The van der Waals surface area contributed by atoms with Crippen molar-refractivity contribution in [2.75, 3.05) is 18.0 Å². The van der Waals surface area contributed by atoms with Crippen LogP contribution in [0.4, 0.5) is 5.82 Å². The number of rotatable bonds is 2. The van der Waals surface area contributed by atoms with Crippen molar-refractivity contribution < 1.29 is 0 Å². The number of nitrogens with zero attached hydrogens (tertiary/aromatic N) is 4. The van der Waals surface area contributed by atoms with Crippen molar-refractivity contribution in [2.45, 2.75) is 32.6 Å². The normalized spacial score (nSPS) is 19.7. The van der Waals surface area contributed by atoms with Gasteiger partial charge in [-0.3, -0.25) is 0 Å². The molecule has 0 N–H and O–H groups in total. The fraction of sp³-hybridized carbons (Fsp3) is 0.500. The van der Waals surface area contributed by atoms with E-state index < -0.39 is 0 Å². The van der Waals surface area contributed by atoms with Gasteiger partial charge in [-0.15, -0.1) is 11.3 Å². The second-order valence-electron chi connectivity index (χ2n) is 5.11. The smallest absolute Gasteiger partial charge is 0.132 e. The van der Waals surface area contributed by atoms with Gasteiger partial charge in [0.15, 0.2) is 0 Å². The first kappa shape index (κ1) is 12.5. The Morgan fingerprint density at radius 3 is 2.89 bits per heavy atom.